The Labute approximate surface area is 117 Å². The van der Waals surface area contributed by atoms with Gasteiger partial charge in [0.1, 0.15) is 0 Å². The van der Waals surface area contributed by atoms with Gasteiger partial charge in [0.05, 0.1) is 0 Å². The number of rotatable bonds is 11. The van der Waals surface area contributed by atoms with Gasteiger partial charge in [0, 0.05) is 0 Å². The second-order valence-corrected chi connectivity index (χ2v) is 16.8. The average molecular weight is 365 g/mol. The molecule has 0 fully saturated rings. The zero-order valence-corrected chi connectivity index (χ0v) is 15.2. The minimum absolute atomic E-state index is 0.0815. The molecule has 0 aromatic heterocycles. The Hall–Kier alpha value is 0.229. The number of hydrogen-bond donors (Lipinski definition) is 1. The molecule has 3 nitrogen and oxygen atoms in total. The number of unbranched alkanes of at least 4 members (excludes halogenated alkanes) is 3. The summed E-state index contributed by atoms with van der Waals surface area (Å²) in [5.41, 5.74) is 0. The van der Waals surface area contributed by atoms with Crippen LogP contribution in [0.3, 0.4) is 0 Å². The van der Waals surface area contributed by atoms with Crippen LogP contribution >= 0.6 is 0 Å². The third-order valence-corrected chi connectivity index (χ3v) is 16.3. The molecule has 0 aliphatic heterocycles. The first-order valence-corrected chi connectivity index (χ1v) is 14.6. The second kappa shape index (κ2) is 11.1. The SMILES string of the molecule is CCC[CH2][Sn]([CH2]CCC)([CH2]CCCO)[O]C(C)=O. The number of aliphatic hydroxyl groups is 1. The molecule has 0 radical (unpaired) electrons. The van der Waals surface area contributed by atoms with Crippen molar-refractivity contribution < 1.29 is 13.0 Å². The van der Waals surface area contributed by atoms with Crippen LogP contribution in [0.2, 0.25) is 13.3 Å². The van der Waals surface area contributed by atoms with Crippen molar-refractivity contribution in [2.75, 3.05) is 6.61 Å². The van der Waals surface area contributed by atoms with Crippen molar-refractivity contribution in [1.29, 1.82) is 0 Å². The Bertz CT molecular complexity index is 211. The Morgan fingerprint density at radius 1 is 1.00 bits per heavy atom. The van der Waals surface area contributed by atoms with Crippen molar-refractivity contribution in [3.63, 3.8) is 0 Å². The molecule has 0 heterocycles. The number of aliphatic hydroxyl groups excluding tert-OH is 1. The molecule has 1 N–H and O–H groups in total. The van der Waals surface area contributed by atoms with Crippen LogP contribution in [-0.4, -0.2) is 36.5 Å². The predicted molar refractivity (Wildman–Crippen MR) is 78.1 cm³/mol. The summed E-state index contributed by atoms with van der Waals surface area (Å²) in [6.07, 6.45) is 6.59. The van der Waals surface area contributed by atoms with Gasteiger partial charge in [0.15, 0.2) is 0 Å². The Kier molecular flexibility index (Phi) is 11.2. The summed E-state index contributed by atoms with van der Waals surface area (Å²) in [5, 5.41) is 8.91. The van der Waals surface area contributed by atoms with Gasteiger partial charge in [-0.15, -0.1) is 0 Å². The zero-order chi connectivity index (χ0) is 13.9. The molecule has 0 spiro atoms. The monoisotopic (exact) mass is 366 g/mol. The van der Waals surface area contributed by atoms with Gasteiger partial charge in [0.25, 0.3) is 0 Å². The molecule has 0 unspecified atom stereocenters. The van der Waals surface area contributed by atoms with E-state index in [1.54, 1.807) is 6.92 Å². The fraction of sp³-hybridized carbons (Fsp3) is 0.929. The van der Waals surface area contributed by atoms with E-state index in [-0.39, 0.29) is 12.6 Å². The quantitative estimate of drug-likeness (QED) is 0.447. The fourth-order valence-corrected chi connectivity index (χ4v) is 15.4. The molecule has 0 saturated carbocycles. The van der Waals surface area contributed by atoms with Crippen LogP contribution < -0.4 is 0 Å². The normalized spacial score (nSPS) is 11.6. The molecule has 0 amide bonds. The van der Waals surface area contributed by atoms with Crippen LogP contribution in [0.1, 0.15) is 59.3 Å². The molecule has 0 atom stereocenters. The van der Waals surface area contributed by atoms with Crippen molar-refractivity contribution in [3.8, 4) is 0 Å². The topological polar surface area (TPSA) is 46.5 Å². The first kappa shape index (κ1) is 18.2. The van der Waals surface area contributed by atoms with Gasteiger partial charge in [0.2, 0.25) is 0 Å². The molecule has 18 heavy (non-hydrogen) atoms. The van der Waals surface area contributed by atoms with Crippen LogP contribution in [0.5, 0.6) is 0 Å². The van der Waals surface area contributed by atoms with Crippen molar-refractivity contribution in [3.05, 3.63) is 0 Å². The Morgan fingerprint density at radius 2 is 1.50 bits per heavy atom. The molecule has 0 aliphatic rings. The maximum atomic E-state index is 11.4. The molecule has 0 aromatic rings. The summed E-state index contributed by atoms with van der Waals surface area (Å²) in [4.78, 5) is 11.4. The van der Waals surface area contributed by atoms with E-state index in [9.17, 15) is 4.79 Å². The van der Waals surface area contributed by atoms with Crippen molar-refractivity contribution >= 4 is 24.8 Å². The van der Waals surface area contributed by atoms with Crippen LogP contribution in [0.4, 0.5) is 0 Å². The van der Waals surface area contributed by atoms with Gasteiger partial charge < -0.3 is 0 Å². The van der Waals surface area contributed by atoms with Gasteiger partial charge in [-0.1, -0.05) is 0 Å². The Morgan fingerprint density at radius 3 is 1.89 bits per heavy atom. The standard InChI is InChI=1S/C4H9O.2C4H9.C2H4O2.Sn/c1-2-3-4-5;2*1-3-4-2;1-2(3)4;/h5H,1-4H2;2*1,3-4H2,2H3;1H3,(H,3,4);/q;;;;+1/p-1. The summed E-state index contributed by atoms with van der Waals surface area (Å²) < 4.78 is 9.30. The minimum atomic E-state index is -2.72. The first-order valence-electron chi connectivity index (χ1n) is 7.40. The van der Waals surface area contributed by atoms with Gasteiger partial charge in [-0.05, 0) is 0 Å². The van der Waals surface area contributed by atoms with Crippen LogP contribution in [0.25, 0.3) is 0 Å². The second-order valence-electron chi connectivity index (χ2n) is 5.16. The number of hydrogen-bond acceptors (Lipinski definition) is 3. The molecule has 0 aliphatic carbocycles. The first-order chi connectivity index (χ1) is 8.60. The van der Waals surface area contributed by atoms with E-state index in [0.717, 1.165) is 26.2 Å². The summed E-state index contributed by atoms with van der Waals surface area (Å²) in [6.45, 7) is 6.19. The molecule has 0 saturated heterocycles. The van der Waals surface area contributed by atoms with Gasteiger partial charge in [-0.25, -0.2) is 0 Å². The van der Waals surface area contributed by atoms with E-state index in [4.69, 9.17) is 8.18 Å². The van der Waals surface area contributed by atoms with Crippen LogP contribution in [0.15, 0.2) is 0 Å². The third-order valence-electron chi connectivity index (χ3n) is 3.37. The molecule has 0 aromatic carbocycles. The van der Waals surface area contributed by atoms with Gasteiger partial charge >= 0.3 is 117 Å². The van der Waals surface area contributed by atoms with Crippen molar-refractivity contribution in [1.82, 2.24) is 0 Å². The summed E-state index contributed by atoms with van der Waals surface area (Å²) in [6, 6.07) is 0. The number of carbonyl (C=O) groups is 1. The third kappa shape index (κ3) is 8.35. The zero-order valence-electron chi connectivity index (χ0n) is 12.3. The van der Waals surface area contributed by atoms with Crippen molar-refractivity contribution in [2.24, 2.45) is 0 Å². The summed E-state index contributed by atoms with van der Waals surface area (Å²) in [5.74, 6) is -0.0815. The van der Waals surface area contributed by atoms with Gasteiger partial charge in [-0.3, -0.25) is 0 Å². The van der Waals surface area contributed by atoms with E-state index < -0.39 is 18.8 Å². The van der Waals surface area contributed by atoms with Crippen LogP contribution in [-0.2, 0) is 7.87 Å². The van der Waals surface area contributed by atoms with E-state index in [1.807, 2.05) is 0 Å². The maximum absolute atomic E-state index is 11.4. The molecule has 0 bridgehead atoms. The van der Waals surface area contributed by atoms with E-state index in [1.165, 1.54) is 25.7 Å². The molecule has 108 valence electrons. The summed E-state index contributed by atoms with van der Waals surface area (Å²) >= 11 is -2.72. The fourth-order valence-electron chi connectivity index (χ4n) is 2.39. The van der Waals surface area contributed by atoms with Crippen molar-refractivity contribution in [2.45, 2.75) is 72.6 Å². The predicted octanol–water partition coefficient (Wildman–Crippen LogP) is 3.87. The van der Waals surface area contributed by atoms with E-state index >= 15 is 0 Å². The molecular formula is C14H30O3Sn. The van der Waals surface area contributed by atoms with Crippen LogP contribution in [0, 0.1) is 0 Å². The summed E-state index contributed by atoms with van der Waals surface area (Å²) in [7, 11) is 0. The molecule has 4 heteroatoms. The van der Waals surface area contributed by atoms with E-state index in [2.05, 4.69) is 13.8 Å². The Balaban J connectivity index is 4.56. The van der Waals surface area contributed by atoms with Gasteiger partial charge in [-0.2, -0.15) is 0 Å². The van der Waals surface area contributed by atoms with E-state index in [0.29, 0.717) is 0 Å². The average Bonchev–Trinajstić information content (AvgIpc) is 2.33. The molecular weight excluding hydrogens is 335 g/mol. The molecule has 0 rings (SSSR count). The number of carbonyl (C=O) groups excluding carboxylic acids is 1.